The van der Waals surface area contributed by atoms with Gasteiger partial charge in [0.15, 0.2) is 11.6 Å². The number of hydrogen-bond donors (Lipinski definition) is 1. The second-order valence-electron chi connectivity index (χ2n) is 10.3. The Bertz CT molecular complexity index is 666. The van der Waals surface area contributed by atoms with Gasteiger partial charge in [0.1, 0.15) is 6.61 Å². The van der Waals surface area contributed by atoms with Gasteiger partial charge in [0.05, 0.1) is 12.5 Å². The molecule has 0 spiro atoms. The van der Waals surface area contributed by atoms with Crippen molar-refractivity contribution in [3.63, 3.8) is 0 Å². The van der Waals surface area contributed by atoms with E-state index in [1.165, 1.54) is 64.7 Å². The molecule has 0 radical (unpaired) electrons. The van der Waals surface area contributed by atoms with Crippen molar-refractivity contribution in [1.29, 1.82) is 0 Å². The monoisotopic (exact) mass is 490 g/mol. The molecule has 0 aromatic heterocycles. The van der Waals surface area contributed by atoms with E-state index < -0.39 is 0 Å². The molecule has 5 heteroatoms. The van der Waals surface area contributed by atoms with Crippen LogP contribution < -0.4 is 0 Å². The summed E-state index contributed by atoms with van der Waals surface area (Å²) < 4.78 is 5.02. The average Bonchev–Trinajstić information content (AvgIpc) is 2.83. The number of carbonyl (C=O) groups excluding carboxylic acids is 3. The summed E-state index contributed by atoms with van der Waals surface area (Å²) in [6.45, 7) is 9.35. The molecule has 0 aliphatic heterocycles. The lowest BCUT2D eigenvalue weighted by molar-refractivity contribution is -0.143. The van der Waals surface area contributed by atoms with Gasteiger partial charge in [0.25, 0.3) is 0 Å². The first-order chi connectivity index (χ1) is 16.9. The predicted octanol–water partition coefficient (Wildman–Crippen LogP) is 7.06. The Balaban J connectivity index is 0.000000355. The van der Waals surface area contributed by atoms with Crippen LogP contribution in [0.25, 0.3) is 0 Å². The average molecular weight is 491 g/mol. The predicted molar refractivity (Wildman–Crippen MR) is 142 cm³/mol. The molecule has 35 heavy (non-hydrogen) atoms. The second kappa shape index (κ2) is 19.4. The van der Waals surface area contributed by atoms with Crippen LogP contribution in [0, 0.1) is 11.8 Å². The lowest BCUT2D eigenvalue weighted by Crippen LogP contribution is -2.23. The van der Waals surface area contributed by atoms with Crippen molar-refractivity contribution in [3.05, 3.63) is 24.3 Å². The first-order valence-electron chi connectivity index (χ1n) is 14.0. The highest BCUT2D eigenvalue weighted by Gasteiger charge is 2.22. The summed E-state index contributed by atoms with van der Waals surface area (Å²) in [5, 5.41) is 9.22. The second-order valence-corrected chi connectivity index (χ2v) is 10.3. The van der Waals surface area contributed by atoms with E-state index in [1.807, 2.05) is 0 Å². The molecule has 0 bridgehead atoms. The fraction of sp³-hybridized carbons (Fsp3) is 0.767. The van der Waals surface area contributed by atoms with Gasteiger partial charge in [0.2, 0.25) is 0 Å². The lowest BCUT2D eigenvalue weighted by atomic mass is 9.90. The van der Waals surface area contributed by atoms with Gasteiger partial charge in [-0.2, -0.15) is 0 Å². The minimum atomic E-state index is -0.315. The third-order valence-corrected chi connectivity index (χ3v) is 7.21. The number of ether oxygens (including phenoxy) is 1. The van der Waals surface area contributed by atoms with E-state index in [0.29, 0.717) is 5.57 Å². The zero-order chi connectivity index (χ0) is 25.9. The zero-order valence-corrected chi connectivity index (χ0v) is 22.3. The topological polar surface area (TPSA) is 80.7 Å². The van der Waals surface area contributed by atoms with Crippen LogP contribution in [-0.2, 0) is 19.1 Å². The van der Waals surface area contributed by atoms with Crippen molar-refractivity contribution in [2.75, 3.05) is 13.2 Å². The van der Waals surface area contributed by atoms with E-state index in [1.54, 1.807) is 0 Å². The summed E-state index contributed by atoms with van der Waals surface area (Å²) in [5.74, 6) is -0.489. The summed E-state index contributed by atoms with van der Waals surface area (Å²) in [5.41, 5.74) is 1.43. The highest BCUT2D eigenvalue weighted by molar-refractivity contribution is 5.97. The summed E-state index contributed by atoms with van der Waals surface area (Å²) in [6, 6.07) is 0. The van der Waals surface area contributed by atoms with Gasteiger partial charge in [-0.15, -0.1) is 0 Å². The van der Waals surface area contributed by atoms with Crippen molar-refractivity contribution in [1.82, 2.24) is 0 Å². The number of allylic oxidation sites excluding steroid dienone is 2. The van der Waals surface area contributed by atoms with Crippen LogP contribution in [0.15, 0.2) is 24.3 Å². The molecule has 0 heterocycles. The molecule has 0 amide bonds. The van der Waals surface area contributed by atoms with Gasteiger partial charge >= 0.3 is 5.97 Å². The van der Waals surface area contributed by atoms with Gasteiger partial charge in [-0.05, 0) is 49.7 Å². The molecular weight excluding hydrogens is 440 g/mol. The number of carbonyl (C=O) groups is 3. The SMILES string of the molecule is C=C1CCCCCCCCCC(CO)C1=O.C=C1CCCCCCCCCC(COC(C)=O)C1=O. The Kier molecular flexibility index (Phi) is 17.4. The van der Waals surface area contributed by atoms with E-state index in [-0.39, 0.29) is 42.6 Å². The summed E-state index contributed by atoms with van der Waals surface area (Å²) >= 11 is 0. The van der Waals surface area contributed by atoms with Crippen LogP contribution in [0.5, 0.6) is 0 Å². The molecule has 1 N–H and O–H groups in total. The summed E-state index contributed by atoms with van der Waals surface area (Å²) in [7, 11) is 0. The molecule has 2 saturated carbocycles. The molecule has 200 valence electrons. The van der Waals surface area contributed by atoms with Crippen LogP contribution in [0.3, 0.4) is 0 Å². The van der Waals surface area contributed by atoms with Crippen LogP contribution in [0.2, 0.25) is 0 Å². The quantitative estimate of drug-likeness (QED) is 0.338. The molecule has 2 unspecified atom stereocenters. The highest BCUT2D eigenvalue weighted by Crippen LogP contribution is 2.22. The molecular formula is C30H50O5. The van der Waals surface area contributed by atoms with E-state index in [9.17, 15) is 19.5 Å². The van der Waals surface area contributed by atoms with Crippen molar-refractivity contribution in [3.8, 4) is 0 Å². The fourth-order valence-electron chi connectivity index (χ4n) is 4.86. The maximum atomic E-state index is 12.3. The number of aliphatic hydroxyl groups is 1. The van der Waals surface area contributed by atoms with Crippen LogP contribution in [-0.4, -0.2) is 35.9 Å². The highest BCUT2D eigenvalue weighted by atomic mass is 16.5. The zero-order valence-electron chi connectivity index (χ0n) is 22.3. The van der Waals surface area contributed by atoms with E-state index >= 15 is 0 Å². The van der Waals surface area contributed by atoms with Gasteiger partial charge in [0, 0.05) is 12.8 Å². The Labute approximate surface area is 213 Å². The third-order valence-electron chi connectivity index (χ3n) is 7.21. The minimum Gasteiger partial charge on any atom is -0.465 e. The Morgan fingerprint density at radius 2 is 1.09 bits per heavy atom. The van der Waals surface area contributed by atoms with Crippen molar-refractivity contribution in [2.45, 2.75) is 122 Å². The van der Waals surface area contributed by atoms with Gasteiger partial charge in [-0.25, -0.2) is 0 Å². The molecule has 2 atom stereocenters. The van der Waals surface area contributed by atoms with Crippen molar-refractivity contribution in [2.24, 2.45) is 11.8 Å². The summed E-state index contributed by atoms with van der Waals surface area (Å²) in [4.78, 5) is 35.1. The number of Topliss-reactive ketones (excluding diaryl/α,β-unsaturated/α-hetero) is 2. The van der Waals surface area contributed by atoms with Gasteiger partial charge < -0.3 is 9.84 Å². The number of esters is 1. The maximum Gasteiger partial charge on any atom is 0.302 e. The Hall–Kier alpha value is -1.75. The fourth-order valence-corrected chi connectivity index (χ4v) is 4.86. The lowest BCUT2D eigenvalue weighted by Gasteiger charge is -2.17. The number of hydrogen-bond acceptors (Lipinski definition) is 5. The molecule has 5 nitrogen and oxygen atoms in total. The molecule has 0 saturated heterocycles. The first-order valence-corrected chi connectivity index (χ1v) is 14.0. The Morgan fingerprint density at radius 3 is 1.51 bits per heavy atom. The minimum absolute atomic E-state index is 0.0160. The normalized spacial score (nSPS) is 24.5. The van der Waals surface area contributed by atoms with E-state index in [2.05, 4.69) is 13.2 Å². The van der Waals surface area contributed by atoms with E-state index in [4.69, 9.17) is 4.74 Å². The molecule has 2 rings (SSSR count). The molecule has 2 aliphatic carbocycles. The number of aliphatic hydroxyl groups excluding tert-OH is 1. The van der Waals surface area contributed by atoms with Crippen molar-refractivity contribution >= 4 is 17.5 Å². The largest absolute Gasteiger partial charge is 0.465 e. The summed E-state index contributed by atoms with van der Waals surface area (Å²) in [6.07, 6.45) is 19.8. The number of ketones is 2. The van der Waals surface area contributed by atoms with Crippen LogP contribution in [0.1, 0.15) is 122 Å². The first kappa shape index (κ1) is 31.3. The van der Waals surface area contributed by atoms with E-state index in [0.717, 1.165) is 63.4 Å². The standard InChI is InChI=1S/C16H26O3.C14H24O2/c1-13-10-8-6-4-3-5-7-9-11-15(16(13)18)12-19-14(2)17;1-12-9-7-5-3-2-4-6-8-10-13(11-15)14(12)16/h15H,1,3-12H2,2H3;13,15H,1-11H2. The van der Waals surface area contributed by atoms with Crippen LogP contribution >= 0.6 is 0 Å². The molecule has 2 fully saturated rings. The smallest absolute Gasteiger partial charge is 0.302 e. The van der Waals surface area contributed by atoms with Gasteiger partial charge in [-0.1, -0.05) is 90.2 Å². The Morgan fingerprint density at radius 1 is 0.714 bits per heavy atom. The maximum absolute atomic E-state index is 12.3. The van der Waals surface area contributed by atoms with Gasteiger partial charge in [-0.3, -0.25) is 14.4 Å². The molecule has 2 aliphatic rings. The number of rotatable bonds is 3. The molecule has 0 aromatic rings. The third kappa shape index (κ3) is 14.4. The molecule has 0 aromatic carbocycles. The van der Waals surface area contributed by atoms with Crippen molar-refractivity contribution < 1.29 is 24.2 Å². The van der Waals surface area contributed by atoms with Crippen LogP contribution in [0.4, 0.5) is 0 Å².